The molecule has 0 amide bonds. The van der Waals surface area contributed by atoms with Gasteiger partial charge in [-0.15, -0.1) is 0 Å². The molecule has 0 saturated heterocycles. The number of furan rings is 1. The SMILES string of the molecule is [2H]c1c([2H])c([2H])c(-n2c3c([2H])c([2H])c([2H])c([2H])c3c3c([2H])c([2H])c([2H])c(-c4ccc(-c5nc(-c6ccccc6)nc(-c6ccc7c(c6)oc6ccccc67)n5)cc4)c32)c([2H])c1[2H]. The second kappa shape index (κ2) is 11.4. The molecule has 0 N–H and O–H groups in total. The van der Waals surface area contributed by atoms with Crippen LogP contribution in [0.15, 0.2) is 174 Å². The van der Waals surface area contributed by atoms with Gasteiger partial charge in [-0.25, -0.2) is 15.0 Å². The van der Waals surface area contributed by atoms with E-state index in [9.17, 15) is 1.37 Å². The van der Waals surface area contributed by atoms with Gasteiger partial charge in [0.25, 0.3) is 0 Å². The Morgan fingerprint density at radius 2 is 1.08 bits per heavy atom. The Morgan fingerprint density at radius 3 is 1.90 bits per heavy atom. The van der Waals surface area contributed by atoms with E-state index in [4.69, 9.17) is 34.4 Å². The zero-order chi connectivity index (χ0) is 43.5. The van der Waals surface area contributed by atoms with Gasteiger partial charge < -0.3 is 8.98 Å². The van der Waals surface area contributed by atoms with E-state index in [1.165, 1.54) is 0 Å². The number of benzene rings is 7. The molecule has 234 valence electrons. The lowest BCUT2D eigenvalue weighted by Crippen LogP contribution is -2.00. The minimum absolute atomic E-state index is 0.00660. The molecule has 0 radical (unpaired) electrons. The summed E-state index contributed by atoms with van der Waals surface area (Å²) in [4.78, 5) is 14.6. The smallest absolute Gasteiger partial charge is 0.164 e. The zero-order valence-corrected chi connectivity index (χ0v) is 25.9. The van der Waals surface area contributed by atoms with E-state index in [1.54, 1.807) is 24.3 Å². The molecule has 5 nitrogen and oxygen atoms in total. The van der Waals surface area contributed by atoms with Gasteiger partial charge >= 0.3 is 0 Å². The molecule has 10 aromatic rings. The fourth-order valence-corrected chi connectivity index (χ4v) is 6.36. The van der Waals surface area contributed by atoms with Gasteiger partial charge in [0.2, 0.25) is 0 Å². The van der Waals surface area contributed by atoms with Crippen molar-refractivity contribution >= 4 is 43.7 Å². The molecular weight excluding hydrogens is 613 g/mol. The first-order valence-corrected chi connectivity index (χ1v) is 15.7. The lowest BCUT2D eigenvalue weighted by Gasteiger charge is -2.12. The van der Waals surface area contributed by atoms with Crippen molar-refractivity contribution in [2.24, 2.45) is 0 Å². The van der Waals surface area contributed by atoms with Crippen LogP contribution in [0.4, 0.5) is 0 Å². The lowest BCUT2D eigenvalue weighted by atomic mass is 10.0. The summed E-state index contributed by atoms with van der Waals surface area (Å²) in [6, 6.07) is 22.3. The number of aromatic nitrogens is 4. The molecule has 0 bridgehead atoms. The third-order valence-corrected chi connectivity index (χ3v) is 8.66. The van der Waals surface area contributed by atoms with Crippen LogP contribution in [0, 0.1) is 0 Å². The molecule has 0 aliphatic rings. The average Bonchev–Trinajstić information content (AvgIpc) is 3.85. The van der Waals surface area contributed by atoms with Gasteiger partial charge in [-0.3, -0.25) is 0 Å². The van der Waals surface area contributed by atoms with Crippen molar-refractivity contribution in [3.63, 3.8) is 0 Å². The highest BCUT2D eigenvalue weighted by Crippen LogP contribution is 2.39. The predicted octanol–water partition coefficient (Wildman–Crippen LogP) is 11.5. The highest BCUT2D eigenvalue weighted by atomic mass is 16.3. The van der Waals surface area contributed by atoms with Gasteiger partial charge in [-0.1, -0.05) is 133 Å². The fraction of sp³-hybridized carbons (Fsp3) is 0. The number of hydrogen-bond donors (Lipinski definition) is 0. The summed E-state index contributed by atoms with van der Waals surface area (Å²) in [5.41, 5.74) is 2.86. The summed E-state index contributed by atoms with van der Waals surface area (Å²) >= 11 is 0. The number of hydrogen-bond acceptors (Lipinski definition) is 4. The van der Waals surface area contributed by atoms with Crippen LogP contribution in [0.1, 0.15) is 16.4 Å². The molecule has 0 fully saturated rings. The third kappa shape index (κ3) is 4.60. The fourth-order valence-electron chi connectivity index (χ4n) is 6.36. The molecule has 0 saturated carbocycles. The Hall–Kier alpha value is -6.85. The molecule has 3 aromatic heterocycles. The van der Waals surface area contributed by atoms with Crippen molar-refractivity contribution in [2.75, 3.05) is 0 Å². The first-order valence-electron chi connectivity index (χ1n) is 21.7. The second-order valence-corrected chi connectivity index (χ2v) is 11.6. The minimum Gasteiger partial charge on any atom is -0.456 e. The average molecular weight is 653 g/mol. The van der Waals surface area contributed by atoms with E-state index >= 15 is 0 Å². The van der Waals surface area contributed by atoms with E-state index in [0.29, 0.717) is 39.7 Å². The van der Waals surface area contributed by atoms with Crippen LogP contribution in [0.3, 0.4) is 0 Å². The van der Waals surface area contributed by atoms with E-state index in [1.807, 2.05) is 72.8 Å². The maximum atomic E-state index is 9.24. The van der Waals surface area contributed by atoms with Crippen LogP contribution in [-0.4, -0.2) is 19.5 Å². The Kier molecular flexibility index (Phi) is 4.24. The highest BCUT2D eigenvalue weighted by Gasteiger charge is 2.18. The summed E-state index contributed by atoms with van der Waals surface area (Å²) in [5.74, 6) is 1.09. The van der Waals surface area contributed by atoms with Crippen LogP contribution < -0.4 is 0 Å². The Labute approximate surface area is 304 Å². The molecule has 0 spiro atoms. The molecule has 7 aromatic carbocycles. The normalized spacial score (nSPS) is 15.0. The number of nitrogens with zero attached hydrogens (tertiary/aromatic N) is 4. The molecule has 3 heterocycles. The Bertz CT molecular complexity index is 3520. The van der Waals surface area contributed by atoms with Crippen molar-refractivity contribution in [3.05, 3.63) is 170 Å². The second-order valence-electron chi connectivity index (χ2n) is 11.6. The third-order valence-electron chi connectivity index (χ3n) is 8.66. The maximum absolute atomic E-state index is 9.24. The zero-order valence-electron chi connectivity index (χ0n) is 37.9. The molecule has 0 atom stereocenters. The maximum Gasteiger partial charge on any atom is 0.164 e. The van der Waals surface area contributed by atoms with Gasteiger partial charge in [0, 0.05) is 49.5 Å². The number of para-hydroxylation sites is 4. The van der Waals surface area contributed by atoms with Gasteiger partial charge in [0.05, 0.1) is 27.5 Å². The minimum atomic E-state index is -0.693. The number of rotatable bonds is 5. The van der Waals surface area contributed by atoms with Crippen LogP contribution >= 0.6 is 0 Å². The molecular formula is C45H28N4O. The summed E-state index contributed by atoms with van der Waals surface area (Å²) in [6.45, 7) is 0. The molecule has 5 heteroatoms. The van der Waals surface area contributed by atoms with Crippen molar-refractivity contribution in [2.45, 2.75) is 0 Å². The van der Waals surface area contributed by atoms with Crippen LogP contribution in [-0.2, 0) is 0 Å². The molecule has 50 heavy (non-hydrogen) atoms. The molecule has 0 aliphatic heterocycles. The van der Waals surface area contributed by atoms with E-state index < -0.39 is 78.2 Å². The van der Waals surface area contributed by atoms with Crippen LogP contribution in [0.25, 0.3) is 94.7 Å². The van der Waals surface area contributed by atoms with Crippen molar-refractivity contribution in [1.29, 1.82) is 0 Å². The monoisotopic (exact) mass is 652 g/mol. The van der Waals surface area contributed by atoms with Gasteiger partial charge in [0.15, 0.2) is 17.5 Å². The van der Waals surface area contributed by atoms with E-state index in [2.05, 4.69) is 0 Å². The van der Waals surface area contributed by atoms with Gasteiger partial charge in [-0.05, 0) is 41.9 Å². The highest BCUT2D eigenvalue weighted by molar-refractivity contribution is 6.13. The molecule has 0 unspecified atom stereocenters. The van der Waals surface area contributed by atoms with Crippen molar-refractivity contribution < 1.29 is 20.9 Å². The Balaban J connectivity index is 1.21. The summed E-state index contributed by atoms with van der Waals surface area (Å²) in [7, 11) is 0. The van der Waals surface area contributed by atoms with Crippen molar-refractivity contribution in [1.82, 2.24) is 19.5 Å². The molecule has 10 rings (SSSR count). The summed E-state index contributed by atoms with van der Waals surface area (Å²) < 4.78 is 112. The van der Waals surface area contributed by atoms with Crippen LogP contribution in [0.2, 0.25) is 0 Å². The predicted molar refractivity (Wildman–Crippen MR) is 203 cm³/mol. The standard InChI is InChI=1S/C45H28N4O/c1-3-12-30(13-4-1)43-46-44(48-45(47-43)32-26-27-37-36-17-8-10-21-40(36)50-41(37)28-32)31-24-22-29(23-25-31)34-18-11-19-38-35-16-7-9-20-39(35)49(42(34)38)33-14-5-2-6-15-33/h1-28H/i2D,5D,6D,7D,9D,11D,14D,15D,16D,18D,19D,20D. The topological polar surface area (TPSA) is 56.7 Å². The number of fused-ring (bicyclic) bond motifs is 6. The summed E-state index contributed by atoms with van der Waals surface area (Å²) in [6.07, 6.45) is 0. The summed E-state index contributed by atoms with van der Waals surface area (Å²) in [5, 5.41) is 1.59. The largest absolute Gasteiger partial charge is 0.456 e. The van der Waals surface area contributed by atoms with Gasteiger partial charge in [0.1, 0.15) is 11.2 Å². The molecule has 0 aliphatic carbocycles. The lowest BCUT2D eigenvalue weighted by molar-refractivity contribution is 0.669. The van der Waals surface area contributed by atoms with Crippen LogP contribution in [0.5, 0.6) is 0 Å². The van der Waals surface area contributed by atoms with E-state index in [-0.39, 0.29) is 27.4 Å². The quantitative estimate of drug-likeness (QED) is 0.186. The first kappa shape index (κ1) is 18.6. The van der Waals surface area contributed by atoms with E-state index in [0.717, 1.165) is 26.5 Å². The Morgan fingerprint density at radius 1 is 0.460 bits per heavy atom. The van der Waals surface area contributed by atoms with Crippen molar-refractivity contribution in [3.8, 4) is 51.0 Å². The first-order chi connectivity index (χ1) is 29.8. The van der Waals surface area contributed by atoms with Gasteiger partial charge in [-0.2, -0.15) is 0 Å².